The minimum atomic E-state index is -4.76. The molecule has 0 rings (SSSR count). The first-order valence-corrected chi connectivity index (χ1v) is 12.0. The third-order valence-corrected chi connectivity index (χ3v) is 6.08. The smallest absolute Gasteiger partial charge is 1.00 e. The topological polar surface area (TPSA) is 107 Å². The summed E-state index contributed by atoms with van der Waals surface area (Å²) in [6.07, 6.45) is 6.74. The Morgan fingerprint density at radius 1 is 0.900 bits per heavy atom. The molecule has 0 spiro atoms. The molecule has 0 amide bonds. The normalized spacial score (nSPS) is 13.9. The van der Waals surface area contributed by atoms with Gasteiger partial charge in [0.1, 0.15) is 0 Å². The monoisotopic (exact) mass is 476 g/mol. The van der Waals surface area contributed by atoms with Crippen LogP contribution in [0.25, 0.3) is 0 Å². The standard InChI is InChI=1S/C20H38O7S.Al.Na.4H/c1-5-9-11-16(7-3)14-26-19(21)13-18(28(23,24)25)20(22)27-15-17(8-4)12-10-6-2;;;;;;/h16-18H,5-15H2,1-4H3,(H,23,24,25);;;;;;/q;;+1;;;;-1. The van der Waals surface area contributed by atoms with Crippen molar-refractivity contribution in [3.05, 3.63) is 0 Å². The zero-order valence-corrected chi connectivity index (χ0v) is 21.6. The zero-order chi connectivity index (χ0) is 21.6. The van der Waals surface area contributed by atoms with Gasteiger partial charge in [-0.25, -0.2) is 0 Å². The van der Waals surface area contributed by atoms with Crippen LogP contribution in [0.2, 0.25) is 0 Å². The van der Waals surface area contributed by atoms with Gasteiger partial charge in [0.2, 0.25) is 0 Å². The Labute approximate surface area is 217 Å². The molecular formula is C20H42AlNaO7S. The molecule has 0 heterocycles. The Kier molecular flexibility index (Phi) is 23.3. The van der Waals surface area contributed by atoms with Crippen LogP contribution < -0.4 is 29.6 Å². The van der Waals surface area contributed by atoms with Crippen LogP contribution in [-0.2, 0) is 29.2 Å². The molecule has 0 aromatic carbocycles. The number of unbranched alkanes of at least 4 members (excludes halogenated alkanes) is 2. The van der Waals surface area contributed by atoms with Crippen molar-refractivity contribution in [3.8, 4) is 0 Å². The number of hydrogen-bond donors (Lipinski definition) is 1. The van der Waals surface area contributed by atoms with Crippen LogP contribution in [0.4, 0.5) is 0 Å². The van der Waals surface area contributed by atoms with Gasteiger partial charge in [0.05, 0.1) is 19.6 Å². The first kappa shape index (κ1) is 35.0. The molecule has 0 aliphatic carbocycles. The molecule has 1 N–H and O–H groups in total. The maximum atomic E-state index is 12.2. The maximum Gasteiger partial charge on any atom is 1.00 e. The molecule has 0 bridgehead atoms. The summed E-state index contributed by atoms with van der Waals surface area (Å²) in [6.45, 7) is 8.35. The Balaban J connectivity index is -0.00000121. The molecule has 0 aromatic rings. The Morgan fingerprint density at radius 2 is 1.33 bits per heavy atom. The predicted molar refractivity (Wildman–Crippen MR) is 120 cm³/mol. The van der Waals surface area contributed by atoms with Gasteiger partial charge in [-0.15, -0.1) is 0 Å². The quantitative estimate of drug-likeness (QED) is 0.191. The summed E-state index contributed by atoms with van der Waals surface area (Å²) in [6, 6.07) is 0. The van der Waals surface area contributed by atoms with E-state index >= 15 is 0 Å². The van der Waals surface area contributed by atoms with Crippen molar-refractivity contribution < 1.29 is 63.0 Å². The second-order valence-electron chi connectivity index (χ2n) is 7.35. The number of carbonyl (C=O) groups is 2. The van der Waals surface area contributed by atoms with Crippen molar-refractivity contribution in [1.82, 2.24) is 0 Å². The molecule has 0 aliphatic heterocycles. The summed E-state index contributed by atoms with van der Waals surface area (Å²) < 4.78 is 42.8. The minimum Gasteiger partial charge on any atom is -1.00 e. The van der Waals surface area contributed by atoms with E-state index in [0.717, 1.165) is 51.4 Å². The molecular weight excluding hydrogens is 434 g/mol. The van der Waals surface area contributed by atoms with E-state index in [1.807, 2.05) is 13.8 Å². The molecule has 7 nitrogen and oxygen atoms in total. The fraction of sp³-hybridized carbons (Fsp3) is 0.900. The molecule has 3 unspecified atom stereocenters. The van der Waals surface area contributed by atoms with E-state index < -0.39 is 33.7 Å². The van der Waals surface area contributed by atoms with Crippen LogP contribution in [0.15, 0.2) is 0 Å². The molecule has 174 valence electrons. The van der Waals surface area contributed by atoms with E-state index in [4.69, 9.17) is 9.47 Å². The van der Waals surface area contributed by atoms with Crippen molar-refractivity contribution in [2.45, 2.75) is 90.7 Å². The van der Waals surface area contributed by atoms with E-state index in [0.29, 0.717) is 0 Å². The summed E-state index contributed by atoms with van der Waals surface area (Å²) >= 11 is 0. The SMILES string of the molecule is CCCCC(CC)COC(=O)CC(C(=O)OCC(CC)CCCC)S(=O)(=O)O.[AlH3].[H-].[Na+]. The van der Waals surface area contributed by atoms with Gasteiger partial charge >= 0.3 is 41.5 Å². The molecule has 0 aromatic heterocycles. The summed E-state index contributed by atoms with van der Waals surface area (Å²) in [7, 11) is -4.76. The van der Waals surface area contributed by atoms with Crippen molar-refractivity contribution in [2.24, 2.45) is 11.8 Å². The van der Waals surface area contributed by atoms with Crippen LogP contribution >= 0.6 is 0 Å². The average molecular weight is 477 g/mol. The number of carbonyl (C=O) groups excluding carboxylic acids is 2. The molecule has 0 saturated carbocycles. The third kappa shape index (κ3) is 16.1. The molecule has 0 radical (unpaired) electrons. The second kappa shape index (κ2) is 20.0. The van der Waals surface area contributed by atoms with Gasteiger partial charge in [-0.3, -0.25) is 14.1 Å². The minimum absolute atomic E-state index is 0. The first-order valence-electron chi connectivity index (χ1n) is 10.5. The Hall–Kier alpha value is 0.382. The largest absolute Gasteiger partial charge is 1.00 e. The fourth-order valence-corrected chi connectivity index (χ4v) is 3.48. The van der Waals surface area contributed by atoms with Crippen LogP contribution in [-0.4, -0.2) is 60.7 Å². The molecule has 30 heavy (non-hydrogen) atoms. The molecule has 10 heteroatoms. The second-order valence-corrected chi connectivity index (χ2v) is 8.95. The van der Waals surface area contributed by atoms with Crippen LogP contribution in [0.3, 0.4) is 0 Å². The van der Waals surface area contributed by atoms with Gasteiger partial charge < -0.3 is 10.9 Å². The van der Waals surface area contributed by atoms with E-state index in [-0.39, 0.29) is 73.4 Å². The zero-order valence-electron chi connectivity index (χ0n) is 19.8. The summed E-state index contributed by atoms with van der Waals surface area (Å²) in [4.78, 5) is 24.2. The molecule has 3 atom stereocenters. The molecule has 0 fully saturated rings. The molecule has 0 aliphatic rings. The average Bonchev–Trinajstić information content (AvgIpc) is 2.65. The third-order valence-electron chi connectivity index (χ3n) is 5.00. The van der Waals surface area contributed by atoms with Gasteiger partial charge in [-0.2, -0.15) is 8.42 Å². The van der Waals surface area contributed by atoms with Crippen molar-refractivity contribution in [1.29, 1.82) is 0 Å². The van der Waals surface area contributed by atoms with Gasteiger partial charge in [-0.05, 0) is 24.7 Å². The van der Waals surface area contributed by atoms with Gasteiger partial charge in [0, 0.05) is 0 Å². The van der Waals surface area contributed by atoms with E-state index in [2.05, 4.69) is 13.8 Å². The predicted octanol–water partition coefficient (Wildman–Crippen LogP) is 0.0847. The first-order chi connectivity index (χ1) is 13.2. The maximum absolute atomic E-state index is 12.2. The number of rotatable bonds is 16. The van der Waals surface area contributed by atoms with Crippen LogP contribution in [0, 0.1) is 11.8 Å². The van der Waals surface area contributed by atoms with Gasteiger partial charge in [0.15, 0.2) is 22.6 Å². The Morgan fingerprint density at radius 3 is 1.70 bits per heavy atom. The van der Waals surface area contributed by atoms with Crippen molar-refractivity contribution >= 4 is 39.4 Å². The molecule has 0 saturated heterocycles. The number of ether oxygens (including phenoxy) is 2. The summed E-state index contributed by atoms with van der Waals surface area (Å²) in [5.41, 5.74) is 0. The van der Waals surface area contributed by atoms with Crippen LogP contribution in [0.1, 0.15) is 86.9 Å². The number of hydrogen-bond acceptors (Lipinski definition) is 6. The van der Waals surface area contributed by atoms with E-state index in [9.17, 15) is 22.6 Å². The number of esters is 2. The summed E-state index contributed by atoms with van der Waals surface area (Å²) in [5.74, 6) is -1.61. The van der Waals surface area contributed by atoms with Gasteiger partial charge in [0.25, 0.3) is 10.1 Å². The van der Waals surface area contributed by atoms with Crippen LogP contribution in [0.5, 0.6) is 0 Å². The van der Waals surface area contributed by atoms with Gasteiger partial charge in [-0.1, -0.05) is 66.2 Å². The van der Waals surface area contributed by atoms with Crippen molar-refractivity contribution in [2.75, 3.05) is 13.2 Å². The van der Waals surface area contributed by atoms with E-state index in [1.54, 1.807) is 0 Å². The van der Waals surface area contributed by atoms with Crippen molar-refractivity contribution in [3.63, 3.8) is 0 Å². The van der Waals surface area contributed by atoms with E-state index in [1.165, 1.54) is 0 Å². The Bertz CT molecular complexity index is 564. The summed E-state index contributed by atoms with van der Waals surface area (Å²) in [5, 5.41) is -1.95. The fourth-order valence-electron chi connectivity index (χ4n) is 2.82.